The second-order valence-corrected chi connectivity index (χ2v) is 9.55. The maximum atomic E-state index is 13.6. The van der Waals surface area contributed by atoms with Gasteiger partial charge in [-0.05, 0) is 59.2 Å². The summed E-state index contributed by atoms with van der Waals surface area (Å²) in [5, 5.41) is 24.6. The largest absolute Gasteiger partial charge is 0.508 e. The van der Waals surface area contributed by atoms with Crippen molar-refractivity contribution in [2.45, 2.75) is 64.8 Å². The van der Waals surface area contributed by atoms with Gasteiger partial charge in [0.1, 0.15) is 30.0 Å². The second kappa shape index (κ2) is 11.7. The first kappa shape index (κ1) is 28.7. The highest BCUT2D eigenvalue weighted by atomic mass is 16.6. The fourth-order valence-corrected chi connectivity index (χ4v) is 3.09. The SMILES string of the molecule is COC(=O)CNC(=O)C(c1cccc(O)c1)N(C(=O)C(CO)NC(=O)OC(C)(C)C)C(C)(C)C. The Labute approximate surface area is 199 Å². The van der Waals surface area contributed by atoms with Gasteiger partial charge in [-0.25, -0.2) is 4.79 Å². The Bertz CT molecular complexity index is 889. The zero-order valence-electron chi connectivity index (χ0n) is 20.7. The molecule has 11 nitrogen and oxygen atoms in total. The number of carbonyl (C=O) groups is 4. The number of esters is 1. The molecule has 0 aliphatic heterocycles. The van der Waals surface area contributed by atoms with Gasteiger partial charge in [0.05, 0.1) is 13.7 Å². The molecule has 11 heteroatoms. The molecule has 0 aliphatic rings. The van der Waals surface area contributed by atoms with Gasteiger partial charge in [0.25, 0.3) is 0 Å². The number of phenols is 1. The third-order valence-electron chi connectivity index (χ3n) is 4.46. The number of nitrogens with one attached hydrogen (secondary N) is 2. The van der Waals surface area contributed by atoms with Crippen LogP contribution >= 0.6 is 0 Å². The van der Waals surface area contributed by atoms with E-state index in [1.165, 1.54) is 36.3 Å². The van der Waals surface area contributed by atoms with Gasteiger partial charge < -0.3 is 35.2 Å². The highest BCUT2D eigenvalue weighted by molar-refractivity contribution is 5.93. The zero-order valence-corrected chi connectivity index (χ0v) is 20.7. The summed E-state index contributed by atoms with van der Waals surface area (Å²) in [5.74, 6) is -2.35. The van der Waals surface area contributed by atoms with E-state index in [2.05, 4.69) is 15.4 Å². The summed E-state index contributed by atoms with van der Waals surface area (Å²) in [7, 11) is 1.17. The molecule has 0 heterocycles. The fraction of sp³-hybridized carbons (Fsp3) is 0.565. The molecule has 0 spiro atoms. The van der Waals surface area contributed by atoms with E-state index in [1.54, 1.807) is 41.5 Å². The van der Waals surface area contributed by atoms with E-state index in [0.29, 0.717) is 0 Å². The molecule has 190 valence electrons. The lowest BCUT2D eigenvalue weighted by atomic mass is 9.95. The first-order valence-corrected chi connectivity index (χ1v) is 10.7. The summed E-state index contributed by atoms with van der Waals surface area (Å²) in [5.41, 5.74) is -1.59. The molecular formula is C23H35N3O8. The Morgan fingerprint density at radius 3 is 2.18 bits per heavy atom. The van der Waals surface area contributed by atoms with Crippen molar-refractivity contribution in [3.63, 3.8) is 0 Å². The molecule has 0 aliphatic carbocycles. The summed E-state index contributed by atoms with van der Waals surface area (Å²) in [6, 6.07) is 2.99. The van der Waals surface area contributed by atoms with E-state index in [-0.39, 0.29) is 11.3 Å². The average Bonchev–Trinajstić information content (AvgIpc) is 2.71. The lowest BCUT2D eigenvalue weighted by Crippen LogP contribution is -2.59. The molecule has 0 radical (unpaired) electrons. The van der Waals surface area contributed by atoms with Gasteiger partial charge in [0.15, 0.2) is 0 Å². The van der Waals surface area contributed by atoms with Crippen LogP contribution < -0.4 is 10.6 Å². The zero-order chi connectivity index (χ0) is 26.3. The Hall–Kier alpha value is -3.34. The monoisotopic (exact) mass is 481 g/mol. The van der Waals surface area contributed by atoms with Crippen LogP contribution in [0.15, 0.2) is 24.3 Å². The molecule has 0 fully saturated rings. The molecule has 2 atom stereocenters. The number of hydrogen-bond acceptors (Lipinski definition) is 8. The number of nitrogens with zero attached hydrogens (tertiary/aromatic N) is 1. The Kier molecular flexibility index (Phi) is 9.86. The number of benzene rings is 1. The third-order valence-corrected chi connectivity index (χ3v) is 4.46. The van der Waals surface area contributed by atoms with Crippen molar-refractivity contribution in [2.75, 3.05) is 20.3 Å². The van der Waals surface area contributed by atoms with Gasteiger partial charge in [0.2, 0.25) is 11.8 Å². The Morgan fingerprint density at radius 1 is 1.09 bits per heavy atom. The van der Waals surface area contributed by atoms with Gasteiger partial charge in [-0.3, -0.25) is 14.4 Å². The summed E-state index contributed by atoms with van der Waals surface area (Å²) < 4.78 is 9.73. The lowest BCUT2D eigenvalue weighted by molar-refractivity contribution is -0.150. The van der Waals surface area contributed by atoms with Crippen LogP contribution in [0.1, 0.15) is 53.1 Å². The van der Waals surface area contributed by atoms with E-state index in [1.807, 2.05) is 0 Å². The normalized spacial score (nSPS) is 13.3. The quantitative estimate of drug-likeness (QED) is 0.404. The molecule has 1 aromatic rings. The lowest BCUT2D eigenvalue weighted by Gasteiger charge is -2.42. The van der Waals surface area contributed by atoms with Crippen LogP contribution in [0, 0.1) is 0 Å². The summed E-state index contributed by atoms with van der Waals surface area (Å²) >= 11 is 0. The van der Waals surface area contributed by atoms with E-state index in [9.17, 15) is 29.4 Å². The molecule has 0 saturated heterocycles. The van der Waals surface area contributed by atoms with Gasteiger partial charge in [-0.2, -0.15) is 0 Å². The van der Waals surface area contributed by atoms with Crippen LogP contribution in [0.25, 0.3) is 0 Å². The highest BCUT2D eigenvalue weighted by Crippen LogP contribution is 2.31. The number of carbonyl (C=O) groups excluding carboxylic acids is 4. The molecule has 4 N–H and O–H groups in total. The number of amides is 3. The second-order valence-electron chi connectivity index (χ2n) is 9.55. The Balaban J connectivity index is 3.44. The molecular weight excluding hydrogens is 446 g/mol. The summed E-state index contributed by atoms with van der Waals surface area (Å²) in [6.07, 6.45) is -0.919. The van der Waals surface area contributed by atoms with Crippen LogP contribution in [-0.2, 0) is 23.9 Å². The fourth-order valence-electron chi connectivity index (χ4n) is 3.09. The molecule has 0 bridgehead atoms. The minimum Gasteiger partial charge on any atom is -0.508 e. The van der Waals surface area contributed by atoms with E-state index < -0.39 is 60.3 Å². The minimum absolute atomic E-state index is 0.143. The predicted octanol–water partition coefficient (Wildman–Crippen LogP) is 1.24. The van der Waals surface area contributed by atoms with Crippen LogP contribution in [0.5, 0.6) is 5.75 Å². The summed E-state index contributed by atoms with van der Waals surface area (Å²) in [6.45, 7) is 8.72. The number of rotatable bonds is 8. The van der Waals surface area contributed by atoms with Crippen molar-refractivity contribution in [3.05, 3.63) is 29.8 Å². The number of aromatic hydroxyl groups is 1. The van der Waals surface area contributed by atoms with Gasteiger partial charge in [0, 0.05) is 5.54 Å². The van der Waals surface area contributed by atoms with Gasteiger partial charge >= 0.3 is 12.1 Å². The standard InChI is InChI=1S/C23H35N3O8/c1-22(2,3)26(20(31)16(13-27)25-21(32)34-23(4,5)6)18(14-9-8-10-15(28)11-14)19(30)24-12-17(29)33-7/h8-11,16,18,27-28H,12-13H2,1-7H3,(H,24,30)(H,25,32). The smallest absolute Gasteiger partial charge is 0.408 e. The molecule has 0 aromatic heterocycles. The molecule has 0 saturated carbocycles. The molecule has 1 rings (SSSR count). The van der Waals surface area contributed by atoms with E-state index >= 15 is 0 Å². The maximum Gasteiger partial charge on any atom is 0.408 e. The molecule has 34 heavy (non-hydrogen) atoms. The highest BCUT2D eigenvalue weighted by Gasteiger charge is 2.42. The van der Waals surface area contributed by atoms with Crippen LogP contribution in [0.3, 0.4) is 0 Å². The first-order chi connectivity index (χ1) is 15.6. The first-order valence-electron chi connectivity index (χ1n) is 10.7. The number of alkyl carbamates (subject to hydrolysis) is 1. The number of aliphatic hydroxyl groups excluding tert-OH is 1. The molecule has 1 aromatic carbocycles. The van der Waals surface area contributed by atoms with Crippen LogP contribution in [0.2, 0.25) is 0 Å². The van der Waals surface area contributed by atoms with Crippen molar-refractivity contribution in [3.8, 4) is 5.75 Å². The molecule has 3 amide bonds. The van der Waals surface area contributed by atoms with Crippen molar-refractivity contribution < 1.29 is 38.9 Å². The number of phenolic OH excluding ortho intramolecular Hbond substituents is 1. The summed E-state index contributed by atoms with van der Waals surface area (Å²) in [4.78, 5) is 51.8. The third kappa shape index (κ3) is 8.54. The van der Waals surface area contributed by atoms with E-state index in [0.717, 1.165) is 0 Å². The van der Waals surface area contributed by atoms with Crippen LogP contribution in [0.4, 0.5) is 4.79 Å². The Morgan fingerprint density at radius 2 is 1.71 bits per heavy atom. The van der Waals surface area contributed by atoms with E-state index in [4.69, 9.17) is 4.74 Å². The van der Waals surface area contributed by atoms with Crippen molar-refractivity contribution in [2.24, 2.45) is 0 Å². The number of hydrogen-bond donors (Lipinski definition) is 4. The number of methoxy groups -OCH3 is 1. The van der Waals surface area contributed by atoms with Crippen LogP contribution in [-0.4, -0.2) is 76.4 Å². The van der Waals surface area contributed by atoms with Crippen molar-refractivity contribution >= 4 is 23.9 Å². The maximum absolute atomic E-state index is 13.6. The topological polar surface area (TPSA) is 154 Å². The van der Waals surface area contributed by atoms with Gasteiger partial charge in [-0.15, -0.1) is 0 Å². The number of ether oxygens (including phenoxy) is 2. The van der Waals surface area contributed by atoms with Gasteiger partial charge in [-0.1, -0.05) is 12.1 Å². The minimum atomic E-state index is -1.43. The van der Waals surface area contributed by atoms with Crippen molar-refractivity contribution in [1.29, 1.82) is 0 Å². The number of aliphatic hydroxyl groups is 1. The predicted molar refractivity (Wildman–Crippen MR) is 123 cm³/mol. The van der Waals surface area contributed by atoms with Crippen molar-refractivity contribution in [1.82, 2.24) is 15.5 Å². The molecule has 2 unspecified atom stereocenters. The average molecular weight is 482 g/mol.